The molecule has 0 aromatic heterocycles. The summed E-state index contributed by atoms with van der Waals surface area (Å²) in [5, 5.41) is 2.57. The third-order valence-electron chi connectivity index (χ3n) is 3.76. The lowest BCUT2D eigenvalue weighted by Crippen LogP contribution is -2.39. The van der Waals surface area contributed by atoms with Crippen molar-refractivity contribution in [1.29, 1.82) is 0 Å². The highest BCUT2D eigenvalue weighted by Crippen LogP contribution is 2.30. The Morgan fingerprint density at radius 2 is 1.69 bits per heavy atom. The Bertz CT molecular complexity index is 717. The van der Waals surface area contributed by atoms with Crippen LogP contribution < -0.4 is 5.32 Å². The normalized spacial score (nSPS) is 11.5. The summed E-state index contributed by atoms with van der Waals surface area (Å²) in [7, 11) is 3.79. The third-order valence-corrected chi connectivity index (χ3v) is 3.76. The first-order valence-corrected chi connectivity index (χ1v) is 8.17. The van der Waals surface area contributed by atoms with E-state index in [2.05, 4.69) is 5.32 Å². The van der Waals surface area contributed by atoms with Crippen LogP contribution in [0.3, 0.4) is 0 Å². The molecule has 2 aromatic rings. The van der Waals surface area contributed by atoms with Crippen LogP contribution in [0.4, 0.5) is 23.7 Å². The van der Waals surface area contributed by atoms with Gasteiger partial charge in [0.25, 0.3) is 0 Å². The fourth-order valence-corrected chi connectivity index (χ4v) is 2.35. The van der Waals surface area contributed by atoms with E-state index < -0.39 is 17.8 Å². The number of benzene rings is 2. The Hall–Kier alpha value is -2.54. The van der Waals surface area contributed by atoms with E-state index in [1.165, 1.54) is 12.1 Å². The summed E-state index contributed by atoms with van der Waals surface area (Å²) in [6, 6.07) is 13.6. The Morgan fingerprint density at radius 1 is 1.00 bits per heavy atom. The second kappa shape index (κ2) is 8.71. The Kier molecular flexibility index (Phi) is 6.63. The minimum Gasteiger partial charge on any atom is -0.319 e. The van der Waals surface area contributed by atoms with Gasteiger partial charge in [-0.2, -0.15) is 13.2 Å². The molecule has 0 saturated heterocycles. The highest BCUT2D eigenvalue weighted by atomic mass is 19.4. The van der Waals surface area contributed by atoms with Gasteiger partial charge in [0.2, 0.25) is 0 Å². The highest BCUT2D eigenvalue weighted by Gasteiger charge is 2.30. The molecule has 0 aliphatic carbocycles. The summed E-state index contributed by atoms with van der Waals surface area (Å²) >= 11 is 0. The minimum absolute atomic E-state index is 0.118. The second-order valence-corrected chi connectivity index (χ2v) is 6.22. The number of halogens is 3. The molecule has 140 valence electrons. The van der Waals surface area contributed by atoms with Gasteiger partial charge < -0.3 is 15.1 Å². The first-order valence-electron chi connectivity index (χ1n) is 8.17. The zero-order chi connectivity index (χ0) is 19.2. The molecule has 0 bridgehead atoms. The van der Waals surface area contributed by atoms with Crippen molar-refractivity contribution in [3.8, 4) is 0 Å². The van der Waals surface area contributed by atoms with E-state index in [0.717, 1.165) is 17.7 Å². The number of nitrogens with one attached hydrogen (secondary N) is 1. The SMILES string of the molecule is CN(C)CCN(Cc1ccccc1)C(=O)Nc1cccc(C(F)(F)F)c1. The molecule has 0 fully saturated rings. The topological polar surface area (TPSA) is 35.6 Å². The van der Waals surface area contributed by atoms with Crippen LogP contribution in [0.15, 0.2) is 54.6 Å². The van der Waals surface area contributed by atoms with Gasteiger partial charge in [-0.25, -0.2) is 4.79 Å². The Balaban J connectivity index is 2.12. The number of likely N-dealkylation sites (N-methyl/N-ethyl adjacent to an activating group) is 1. The number of carbonyl (C=O) groups excluding carboxylic acids is 1. The van der Waals surface area contributed by atoms with Crippen molar-refractivity contribution in [2.45, 2.75) is 12.7 Å². The molecule has 0 saturated carbocycles. The highest BCUT2D eigenvalue weighted by molar-refractivity contribution is 5.89. The van der Waals surface area contributed by atoms with E-state index in [-0.39, 0.29) is 5.69 Å². The van der Waals surface area contributed by atoms with Crippen LogP contribution in [-0.4, -0.2) is 43.0 Å². The van der Waals surface area contributed by atoms with Crippen LogP contribution in [0, 0.1) is 0 Å². The quantitative estimate of drug-likeness (QED) is 0.828. The van der Waals surface area contributed by atoms with Gasteiger partial charge in [0.1, 0.15) is 0 Å². The molecule has 26 heavy (non-hydrogen) atoms. The maximum atomic E-state index is 12.8. The smallest absolute Gasteiger partial charge is 0.319 e. The molecule has 2 aromatic carbocycles. The predicted octanol–water partition coefficient (Wildman–Crippen LogP) is 4.30. The number of hydrogen-bond donors (Lipinski definition) is 1. The average molecular weight is 365 g/mol. The van der Waals surface area contributed by atoms with Crippen molar-refractivity contribution < 1.29 is 18.0 Å². The summed E-state index contributed by atoms with van der Waals surface area (Å²) < 4.78 is 38.5. The van der Waals surface area contributed by atoms with Crippen LogP contribution in [0.5, 0.6) is 0 Å². The van der Waals surface area contributed by atoms with Crippen molar-refractivity contribution in [2.75, 3.05) is 32.5 Å². The fourth-order valence-electron chi connectivity index (χ4n) is 2.35. The maximum absolute atomic E-state index is 12.8. The Morgan fingerprint density at radius 3 is 2.31 bits per heavy atom. The Labute approximate surface area is 151 Å². The molecule has 0 aliphatic rings. The zero-order valence-electron chi connectivity index (χ0n) is 14.8. The first-order chi connectivity index (χ1) is 12.3. The molecule has 4 nitrogen and oxygen atoms in total. The molecular formula is C19H22F3N3O. The van der Waals surface area contributed by atoms with Crippen LogP contribution in [-0.2, 0) is 12.7 Å². The van der Waals surface area contributed by atoms with Gasteiger partial charge in [0.05, 0.1) is 5.56 Å². The molecule has 1 N–H and O–H groups in total. The van der Waals surface area contributed by atoms with Crippen LogP contribution in [0.1, 0.15) is 11.1 Å². The number of carbonyl (C=O) groups is 1. The lowest BCUT2D eigenvalue weighted by Gasteiger charge is -2.25. The van der Waals surface area contributed by atoms with Gasteiger partial charge in [-0.3, -0.25) is 0 Å². The summed E-state index contributed by atoms with van der Waals surface area (Å²) in [6.07, 6.45) is -4.45. The second-order valence-electron chi connectivity index (χ2n) is 6.22. The van der Waals surface area contributed by atoms with Gasteiger partial charge in [0, 0.05) is 25.3 Å². The van der Waals surface area contributed by atoms with Crippen molar-refractivity contribution in [3.63, 3.8) is 0 Å². The van der Waals surface area contributed by atoms with E-state index in [9.17, 15) is 18.0 Å². The number of hydrogen-bond acceptors (Lipinski definition) is 2. The molecule has 2 amide bonds. The predicted molar refractivity (Wildman–Crippen MR) is 95.9 cm³/mol. The summed E-state index contributed by atoms with van der Waals surface area (Å²) in [4.78, 5) is 16.1. The molecule has 2 rings (SSSR count). The maximum Gasteiger partial charge on any atom is 0.416 e. The third kappa shape index (κ3) is 6.07. The van der Waals surface area contributed by atoms with Crippen LogP contribution in [0.25, 0.3) is 0 Å². The molecule has 0 unspecified atom stereocenters. The minimum atomic E-state index is -4.45. The average Bonchev–Trinajstić information content (AvgIpc) is 2.58. The zero-order valence-corrected chi connectivity index (χ0v) is 14.8. The molecule has 0 radical (unpaired) electrons. The van der Waals surface area contributed by atoms with E-state index in [4.69, 9.17) is 0 Å². The first kappa shape index (κ1) is 19.8. The number of alkyl halides is 3. The molecule has 7 heteroatoms. The number of nitrogens with zero attached hydrogens (tertiary/aromatic N) is 2. The van der Waals surface area contributed by atoms with E-state index in [1.807, 2.05) is 49.3 Å². The number of amides is 2. The number of rotatable bonds is 6. The van der Waals surface area contributed by atoms with Crippen LogP contribution in [0.2, 0.25) is 0 Å². The van der Waals surface area contributed by atoms with Gasteiger partial charge in [-0.15, -0.1) is 0 Å². The lowest BCUT2D eigenvalue weighted by molar-refractivity contribution is -0.137. The van der Waals surface area contributed by atoms with E-state index in [0.29, 0.717) is 19.6 Å². The molecule has 0 aliphatic heterocycles. The van der Waals surface area contributed by atoms with E-state index >= 15 is 0 Å². The van der Waals surface area contributed by atoms with Gasteiger partial charge in [-0.1, -0.05) is 36.4 Å². The van der Waals surface area contributed by atoms with E-state index in [1.54, 1.807) is 4.90 Å². The summed E-state index contributed by atoms with van der Waals surface area (Å²) in [5.74, 6) is 0. The van der Waals surface area contributed by atoms with Crippen molar-refractivity contribution >= 4 is 11.7 Å². The summed E-state index contributed by atoms with van der Waals surface area (Å²) in [5.41, 5.74) is 0.274. The lowest BCUT2D eigenvalue weighted by atomic mass is 10.2. The van der Waals surface area contributed by atoms with Crippen molar-refractivity contribution in [2.24, 2.45) is 0 Å². The molecule has 0 heterocycles. The van der Waals surface area contributed by atoms with Gasteiger partial charge >= 0.3 is 12.2 Å². The van der Waals surface area contributed by atoms with Gasteiger partial charge in [0.15, 0.2) is 0 Å². The van der Waals surface area contributed by atoms with Crippen molar-refractivity contribution in [1.82, 2.24) is 9.80 Å². The monoisotopic (exact) mass is 365 g/mol. The standard InChI is InChI=1S/C19H22F3N3O/c1-24(2)11-12-25(14-15-7-4-3-5-8-15)18(26)23-17-10-6-9-16(13-17)19(20,21)22/h3-10,13H,11-12,14H2,1-2H3,(H,23,26). The molecule has 0 spiro atoms. The number of anilines is 1. The van der Waals surface area contributed by atoms with Gasteiger partial charge in [-0.05, 0) is 37.9 Å². The summed E-state index contributed by atoms with van der Waals surface area (Å²) in [6.45, 7) is 1.47. The molecular weight excluding hydrogens is 343 g/mol. The molecule has 0 atom stereocenters. The largest absolute Gasteiger partial charge is 0.416 e. The van der Waals surface area contributed by atoms with Crippen molar-refractivity contribution in [3.05, 3.63) is 65.7 Å². The fraction of sp³-hybridized carbons (Fsp3) is 0.316. The number of urea groups is 1. The van der Waals surface area contributed by atoms with Crippen LogP contribution >= 0.6 is 0 Å².